The van der Waals surface area contributed by atoms with Crippen LogP contribution in [0.5, 0.6) is 0 Å². The lowest BCUT2D eigenvalue weighted by Gasteiger charge is -2.11. The van der Waals surface area contributed by atoms with E-state index in [4.69, 9.17) is 12.2 Å². The Balaban J connectivity index is 1.94. The molecule has 0 fully saturated rings. The van der Waals surface area contributed by atoms with Gasteiger partial charge in [-0.15, -0.1) is 0 Å². The van der Waals surface area contributed by atoms with Crippen molar-refractivity contribution >= 4 is 40.5 Å². The van der Waals surface area contributed by atoms with Crippen LogP contribution in [-0.2, 0) is 4.79 Å². The Kier molecular flexibility index (Phi) is 6.25. The molecule has 0 saturated carbocycles. The number of aryl methyl sites for hydroxylation is 2. The molecule has 3 N–H and O–H groups in total. The smallest absolute Gasteiger partial charge is 0.257 e. The number of carbonyl (C=O) groups excluding carboxylic acids is 2. The van der Waals surface area contributed by atoms with Gasteiger partial charge in [0.1, 0.15) is 0 Å². The molecular weight excluding hydrogens is 334 g/mol. The van der Waals surface area contributed by atoms with E-state index in [1.807, 2.05) is 26.0 Å². The van der Waals surface area contributed by atoms with Crippen LogP contribution in [0.15, 0.2) is 42.5 Å². The lowest BCUT2D eigenvalue weighted by molar-refractivity contribution is -0.115. The standard InChI is InChI=1S/C19H21N3O2S/c1-4-17(23)20-15-7-9-16(10-8-15)21-19(25)22-18(24)14-6-5-12(2)13(3)11-14/h5-11H,4H2,1-3H3,(H,20,23)(H2,21,22,24,25). The van der Waals surface area contributed by atoms with Gasteiger partial charge in [0.05, 0.1) is 0 Å². The average molecular weight is 355 g/mol. The Morgan fingerprint density at radius 3 is 2.08 bits per heavy atom. The molecule has 0 heterocycles. The summed E-state index contributed by atoms with van der Waals surface area (Å²) in [5, 5.41) is 8.59. The summed E-state index contributed by atoms with van der Waals surface area (Å²) in [5.74, 6) is -0.302. The summed E-state index contributed by atoms with van der Waals surface area (Å²) in [6.07, 6.45) is 0.425. The van der Waals surface area contributed by atoms with E-state index in [9.17, 15) is 9.59 Å². The van der Waals surface area contributed by atoms with E-state index < -0.39 is 0 Å². The molecule has 0 aliphatic heterocycles. The molecule has 2 rings (SSSR count). The van der Waals surface area contributed by atoms with E-state index in [1.165, 1.54) is 0 Å². The summed E-state index contributed by atoms with van der Waals surface area (Å²) in [5.41, 5.74) is 4.18. The van der Waals surface area contributed by atoms with Gasteiger partial charge in [-0.2, -0.15) is 0 Å². The summed E-state index contributed by atoms with van der Waals surface area (Å²) < 4.78 is 0. The summed E-state index contributed by atoms with van der Waals surface area (Å²) in [4.78, 5) is 23.6. The molecule has 0 spiro atoms. The van der Waals surface area contributed by atoms with Gasteiger partial charge in [0.2, 0.25) is 5.91 Å². The van der Waals surface area contributed by atoms with Gasteiger partial charge in [-0.25, -0.2) is 0 Å². The molecule has 0 atom stereocenters. The second kappa shape index (κ2) is 8.39. The summed E-state index contributed by atoms with van der Waals surface area (Å²) in [7, 11) is 0. The molecule has 0 saturated heterocycles. The van der Waals surface area contributed by atoms with E-state index in [0.717, 1.165) is 16.8 Å². The lowest BCUT2D eigenvalue weighted by Crippen LogP contribution is -2.34. The first-order chi connectivity index (χ1) is 11.9. The van der Waals surface area contributed by atoms with Crippen LogP contribution in [0, 0.1) is 13.8 Å². The first-order valence-electron chi connectivity index (χ1n) is 7.98. The fourth-order valence-corrected chi connectivity index (χ4v) is 2.32. The van der Waals surface area contributed by atoms with Gasteiger partial charge in [0.15, 0.2) is 5.11 Å². The minimum absolute atomic E-state index is 0.0446. The Morgan fingerprint density at radius 1 is 0.920 bits per heavy atom. The molecule has 2 aromatic rings. The van der Waals surface area contributed by atoms with Crippen molar-refractivity contribution in [3.8, 4) is 0 Å². The van der Waals surface area contributed by atoms with E-state index in [2.05, 4.69) is 16.0 Å². The number of amides is 2. The van der Waals surface area contributed by atoms with Crippen molar-refractivity contribution in [1.29, 1.82) is 0 Å². The topological polar surface area (TPSA) is 70.2 Å². The van der Waals surface area contributed by atoms with Crippen LogP contribution >= 0.6 is 12.2 Å². The van der Waals surface area contributed by atoms with Crippen LogP contribution in [0.2, 0.25) is 0 Å². The first kappa shape index (κ1) is 18.6. The van der Waals surface area contributed by atoms with Gasteiger partial charge >= 0.3 is 0 Å². The van der Waals surface area contributed by atoms with Gasteiger partial charge in [-0.3, -0.25) is 14.9 Å². The van der Waals surface area contributed by atoms with Crippen molar-refractivity contribution in [2.45, 2.75) is 27.2 Å². The van der Waals surface area contributed by atoms with Gasteiger partial charge in [0, 0.05) is 23.4 Å². The Morgan fingerprint density at radius 2 is 1.52 bits per heavy atom. The van der Waals surface area contributed by atoms with E-state index in [-0.39, 0.29) is 16.9 Å². The van der Waals surface area contributed by atoms with Crippen LogP contribution in [0.3, 0.4) is 0 Å². The number of anilines is 2. The maximum Gasteiger partial charge on any atom is 0.257 e. The lowest BCUT2D eigenvalue weighted by atomic mass is 10.1. The predicted molar refractivity (Wildman–Crippen MR) is 105 cm³/mol. The maximum atomic E-state index is 12.2. The molecule has 2 amide bonds. The number of nitrogens with one attached hydrogen (secondary N) is 3. The maximum absolute atomic E-state index is 12.2. The highest BCUT2D eigenvalue weighted by atomic mass is 32.1. The molecule has 0 unspecified atom stereocenters. The number of thiocarbonyl (C=S) groups is 1. The SMILES string of the molecule is CCC(=O)Nc1ccc(NC(=S)NC(=O)c2ccc(C)c(C)c2)cc1. The first-order valence-corrected chi connectivity index (χ1v) is 8.39. The van der Waals surface area contributed by atoms with Crippen molar-refractivity contribution < 1.29 is 9.59 Å². The Bertz CT molecular complexity index is 801. The number of carbonyl (C=O) groups is 2. The highest BCUT2D eigenvalue weighted by Crippen LogP contribution is 2.14. The van der Waals surface area contributed by atoms with Crippen molar-refractivity contribution in [3.63, 3.8) is 0 Å². The molecule has 25 heavy (non-hydrogen) atoms. The largest absolute Gasteiger partial charge is 0.332 e. The molecule has 0 aliphatic rings. The summed E-state index contributed by atoms with van der Waals surface area (Å²) >= 11 is 5.18. The van der Waals surface area contributed by atoms with Gasteiger partial charge in [0.25, 0.3) is 5.91 Å². The van der Waals surface area contributed by atoms with Crippen molar-refractivity contribution in [1.82, 2.24) is 5.32 Å². The van der Waals surface area contributed by atoms with E-state index >= 15 is 0 Å². The third-order valence-corrected chi connectivity index (χ3v) is 3.95. The second-order valence-corrected chi connectivity index (χ2v) is 6.09. The van der Waals surface area contributed by atoms with E-state index in [0.29, 0.717) is 17.7 Å². The molecule has 5 nitrogen and oxygen atoms in total. The monoisotopic (exact) mass is 355 g/mol. The minimum atomic E-state index is -0.257. The molecule has 130 valence electrons. The van der Waals surface area contributed by atoms with Crippen LogP contribution in [-0.4, -0.2) is 16.9 Å². The Labute approximate surface area is 152 Å². The molecule has 2 aromatic carbocycles. The number of hydrogen-bond acceptors (Lipinski definition) is 3. The highest BCUT2D eigenvalue weighted by Gasteiger charge is 2.09. The van der Waals surface area contributed by atoms with Crippen LogP contribution in [0.25, 0.3) is 0 Å². The molecular formula is C19H21N3O2S. The molecule has 0 radical (unpaired) electrons. The zero-order chi connectivity index (χ0) is 18.4. The number of rotatable bonds is 4. The third-order valence-electron chi connectivity index (χ3n) is 3.74. The molecule has 0 aliphatic carbocycles. The van der Waals surface area contributed by atoms with Crippen molar-refractivity contribution in [2.75, 3.05) is 10.6 Å². The third kappa shape index (κ3) is 5.39. The second-order valence-electron chi connectivity index (χ2n) is 5.69. The van der Waals surface area contributed by atoms with Gasteiger partial charge in [-0.1, -0.05) is 13.0 Å². The zero-order valence-corrected chi connectivity index (χ0v) is 15.3. The Hall–Kier alpha value is -2.73. The van der Waals surface area contributed by atoms with Crippen LogP contribution in [0.4, 0.5) is 11.4 Å². The molecule has 0 bridgehead atoms. The fourth-order valence-electron chi connectivity index (χ4n) is 2.11. The fraction of sp³-hybridized carbons (Fsp3) is 0.211. The van der Waals surface area contributed by atoms with Crippen molar-refractivity contribution in [3.05, 3.63) is 59.2 Å². The molecule has 0 aromatic heterocycles. The highest BCUT2D eigenvalue weighted by molar-refractivity contribution is 7.80. The van der Waals surface area contributed by atoms with E-state index in [1.54, 1.807) is 37.3 Å². The number of hydrogen-bond donors (Lipinski definition) is 3. The average Bonchev–Trinajstić information content (AvgIpc) is 2.58. The summed E-state index contributed by atoms with van der Waals surface area (Å²) in [6.45, 7) is 5.75. The normalized spacial score (nSPS) is 10.0. The van der Waals surface area contributed by atoms with Crippen LogP contribution < -0.4 is 16.0 Å². The minimum Gasteiger partial charge on any atom is -0.332 e. The number of benzene rings is 2. The predicted octanol–water partition coefficient (Wildman–Crippen LogP) is 3.78. The zero-order valence-electron chi connectivity index (χ0n) is 14.5. The quantitative estimate of drug-likeness (QED) is 0.730. The van der Waals surface area contributed by atoms with Crippen molar-refractivity contribution in [2.24, 2.45) is 0 Å². The van der Waals surface area contributed by atoms with Crippen LogP contribution in [0.1, 0.15) is 34.8 Å². The summed E-state index contributed by atoms with van der Waals surface area (Å²) in [6, 6.07) is 12.6. The van der Waals surface area contributed by atoms with Gasteiger partial charge in [-0.05, 0) is 73.6 Å². The van der Waals surface area contributed by atoms with Gasteiger partial charge < -0.3 is 10.6 Å². The molecule has 6 heteroatoms.